The zero-order valence-electron chi connectivity index (χ0n) is 10.4. The fourth-order valence-electron chi connectivity index (χ4n) is 2.28. The maximum atomic E-state index is 11.4. The Morgan fingerprint density at radius 1 is 1.53 bits per heavy atom. The summed E-state index contributed by atoms with van der Waals surface area (Å²) in [6, 6.07) is 8.69. The van der Waals surface area contributed by atoms with E-state index in [9.17, 15) is 4.79 Å². The number of carbonyl (C=O) groups excluding carboxylic acids is 1. The molecule has 1 heterocycles. The minimum absolute atomic E-state index is 0.0514. The third-order valence-corrected chi connectivity index (χ3v) is 3.27. The van der Waals surface area contributed by atoms with Gasteiger partial charge in [-0.15, -0.1) is 0 Å². The van der Waals surface area contributed by atoms with E-state index in [1.165, 1.54) is 11.1 Å². The Morgan fingerprint density at radius 2 is 2.29 bits per heavy atom. The van der Waals surface area contributed by atoms with E-state index < -0.39 is 0 Å². The van der Waals surface area contributed by atoms with Crippen LogP contribution in [0, 0.1) is 0 Å². The summed E-state index contributed by atoms with van der Waals surface area (Å²) in [5.74, 6) is 0.0514. The van der Waals surface area contributed by atoms with Crippen LogP contribution in [0.15, 0.2) is 24.3 Å². The minimum atomic E-state index is 0.0514. The van der Waals surface area contributed by atoms with E-state index in [1.807, 2.05) is 7.05 Å². The third-order valence-electron chi connectivity index (χ3n) is 3.27. The van der Waals surface area contributed by atoms with Crippen molar-refractivity contribution in [3.8, 4) is 0 Å². The number of nitrogens with zero attached hydrogens (tertiary/aromatic N) is 1. The molecule has 2 rings (SSSR count). The number of nitrogens with one attached hydrogen (secondary N) is 2. The molecule has 17 heavy (non-hydrogen) atoms. The summed E-state index contributed by atoms with van der Waals surface area (Å²) in [6.45, 7) is 2.24. The molecule has 0 bridgehead atoms. The zero-order valence-corrected chi connectivity index (χ0v) is 10.4. The summed E-state index contributed by atoms with van der Waals surface area (Å²) in [7, 11) is 3.66. The van der Waals surface area contributed by atoms with Crippen LogP contribution >= 0.6 is 0 Å². The highest BCUT2D eigenvalue weighted by Crippen LogP contribution is 2.25. The molecule has 1 aromatic rings. The first-order valence-electron chi connectivity index (χ1n) is 5.91. The SMILES string of the molecule is CNC(=O)CN(C)C1CNCc2ccccc21. The molecule has 1 aromatic carbocycles. The van der Waals surface area contributed by atoms with Gasteiger partial charge in [0.15, 0.2) is 0 Å². The smallest absolute Gasteiger partial charge is 0.233 e. The number of carbonyl (C=O) groups is 1. The average molecular weight is 233 g/mol. The summed E-state index contributed by atoms with van der Waals surface area (Å²) >= 11 is 0. The Hall–Kier alpha value is -1.39. The van der Waals surface area contributed by atoms with Gasteiger partial charge in [0.2, 0.25) is 5.91 Å². The van der Waals surface area contributed by atoms with Gasteiger partial charge in [-0.05, 0) is 18.2 Å². The molecule has 4 heteroatoms. The molecule has 0 saturated heterocycles. The molecule has 0 saturated carbocycles. The van der Waals surface area contributed by atoms with Crippen LogP contribution < -0.4 is 10.6 Å². The Labute approximate surface area is 102 Å². The Bertz CT molecular complexity index is 405. The van der Waals surface area contributed by atoms with Crippen molar-refractivity contribution >= 4 is 5.91 Å². The van der Waals surface area contributed by atoms with Crippen LogP contribution in [-0.2, 0) is 11.3 Å². The van der Waals surface area contributed by atoms with Gasteiger partial charge in [-0.1, -0.05) is 24.3 Å². The first-order chi connectivity index (χ1) is 8.22. The van der Waals surface area contributed by atoms with E-state index in [-0.39, 0.29) is 11.9 Å². The van der Waals surface area contributed by atoms with Crippen LogP contribution in [0.25, 0.3) is 0 Å². The Morgan fingerprint density at radius 3 is 3.06 bits per heavy atom. The van der Waals surface area contributed by atoms with Crippen molar-refractivity contribution in [3.63, 3.8) is 0 Å². The van der Waals surface area contributed by atoms with Crippen LogP contribution in [-0.4, -0.2) is 38.0 Å². The highest BCUT2D eigenvalue weighted by atomic mass is 16.1. The van der Waals surface area contributed by atoms with Crippen molar-refractivity contribution < 1.29 is 4.79 Å². The van der Waals surface area contributed by atoms with Gasteiger partial charge in [0, 0.05) is 26.2 Å². The molecule has 0 aliphatic carbocycles. The predicted molar refractivity (Wildman–Crippen MR) is 67.6 cm³/mol. The first-order valence-corrected chi connectivity index (χ1v) is 5.91. The normalized spacial score (nSPS) is 18.9. The van der Waals surface area contributed by atoms with E-state index in [2.05, 4.69) is 39.8 Å². The molecule has 1 aliphatic heterocycles. The third kappa shape index (κ3) is 2.65. The molecule has 1 unspecified atom stereocenters. The van der Waals surface area contributed by atoms with Gasteiger partial charge in [-0.3, -0.25) is 9.69 Å². The molecule has 0 spiro atoms. The lowest BCUT2D eigenvalue weighted by atomic mass is 9.96. The molecule has 0 radical (unpaired) electrons. The van der Waals surface area contributed by atoms with Crippen LogP contribution in [0.1, 0.15) is 17.2 Å². The highest BCUT2D eigenvalue weighted by Gasteiger charge is 2.23. The van der Waals surface area contributed by atoms with Crippen molar-refractivity contribution in [1.29, 1.82) is 0 Å². The van der Waals surface area contributed by atoms with Crippen LogP contribution in [0.4, 0.5) is 0 Å². The van der Waals surface area contributed by atoms with Crippen molar-refractivity contribution in [2.24, 2.45) is 0 Å². The lowest BCUT2D eigenvalue weighted by Crippen LogP contribution is -2.41. The molecule has 1 amide bonds. The second-order valence-corrected chi connectivity index (χ2v) is 4.43. The second kappa shape index (κ2) is 5.29. The first kappa shape index (κ1) is 12.1. The second-order valence-electron chi connectivity index (χ2n) is 4.43. The summed E-state index contributed by atoms with van der Waals surface area (Å²) < 4.78 is 0. The van der Waals surface area contributed by atoms with Crippen molar-refractivity contribution in [3.05, 3.63) is 35.4 Å². The quantitative estimate of drug-likeness (QED) is 0.799. The van der Waals surface area contributed by atoms with Crippen LogP contribution in [0.5, 0.6) is 0 Å². The molecular weight excluding hydrogens is 214 g/mol. The summed E-state index contributed by atoms with van der Waals surface area (Å²) in [4.78, 5) is 13.5. The van der Waals surface area contributed by atoms with Crippen LogP contribution in [0.2, 0.25) is 0 Å². The number of rotatable bonds is 3. The van der Waals surface area contributed by atoms with Gasteiger partial charge in [-0.2, -0.15) is 0 Å². The van der Waals surface area contributed by atoms with Crippen molar-refractivity contribution in [2.45, 2.75) is 12.6 Å². The Kier molecular flexibility index (Phi) is 3.76. The van der Waals surface area contributed by atoms with E-state index in [0.717, 1.165) is 13.1 Å². The van der Waals surface area contributed by atoms with Crippen molar-refractivity contribution in [2.75, 3.05) is 27.2 Å². The minimum Gasteiger partial charge on any atom is -0.358 e. The topological polar surface area (TPSA) is 44.4 Å². The number of likely N-dealkylation sites (N-methyl/N-ethyl adjacent to an activating group) is 2. The van der Waals surface area contributed by atoms with Gasteiger partial charge in [0.1, 0.15) is 0 Å². The predicted octanol–water partition coefficient (Wildman–Crippen LogP) is 0.509. The average Bonchev–Trinajstić information content (AvgIpc) is 2.37. The fourth-order valence-corrected chi connectivity index (χ4v) is 2.28. The largest absolute Gasteiger partial charge is 0.358 e. The van der Waals surface area contributed by atoms with Gasteiger partial charge < -0.3 is 10.6 Å². The molecular formula is C13H19N3O. The molecule has 1 atom stereocenters. The fraction of sp³-hybridized carbons (Fsp3) is 0.462. The highest BCUT2D eigenvalue weighted by molar-refractivity contribution is 5.77. The number of hydrogen-bond donors (Lipinski definition) is 2. The number of benzene rings is 1. The maximum absolute atomic E-state index is 11.4. The number of fused-ring (bicyclic) bond motifs is 1. The van der Waals surface area contributed by atoms with Crippen molar-refractivity contribution in [1.82, 2.24) is 15.5 Å². The number of hydrogen-bond acceptors (Lipinski definition) is 3. The van der Waals surface area contributed by atoms with E-state index >= 15 is 0 Å². The molecule has 0 aromatic heterocycles. The number of amides is 1. The molecule has 1 aliphatic rings. The van der Waals surface area contributed by atoms with E-state index in [4.69, 9.17) is 0 Å². The molecule has 0 fully saturated rings. The van der Waals surface area contributed by atoms with Gasteiger partial charge in [0.05, 0.1) is 6.54 Å². The zero-order chi connectivity index (χ0) is 12.3. The standard InChI is InChI=1S/C13H19N3O/c1-14-13(17)9-16(2)12-8-15-7-10-5-3-4-6-11(10)12/h3-6,12,15H,7-9H2,1-2H3,(H,14,17). The summed E-state index contributed by atoms with van der Waals surface area (Å²) in [6.07, 6.45) is 0. The van der Waals surface area contributed by atoms with Gasteiger partial charge in [-0.25, -0.2) is 0 Å². The lowest BCUT2D eigenvalue weighted by molar-refractivity contribution is -0.122. The summed E-state index contributed by atoms with van der Waals surface area (Å²) in [5.41, 5.74) is 2.66. The van der Waals surface area contributed by atoms with Crippen LogP contribution in [0.3, 0.4) is 0 Å². The van der Waals surface area contributed by atoms with Gasteiger partial charge in [0.25, 0.3) is 0 Å². The molecule has 4 nitrogen and oxygen atoms in total. The van der Waals surface area contributed by atoms with E-state index in [1.54, 1.807) is 7.05 Å². The summed E-state index contributed by atoms with van der Waals surface area (Å²) in [5, 5.41) is 6.05. The van der Waals surface area contributed by atoms with Gasteiger partial charge >= 0.3 is 0 Å². The monoisotopic (exact) mass is 233 g/mol. The maximum Gasteiger partial charge on any atom is 0.233 e. The molecule has 92 valence electrons. The lowest BCUT2D eigenvalue weighted by Gasteiger charge is -2.33. The Balaban J connectivity index is 2.15. The molecule has 2 N–H and O–H groups in total. The van der Waals surface area contributed by atoms with E-state index in [0.29, 0.717) is 6.54 Å².